The third-order valence-corrected chi connectivity index (χ3v) is 1.74. The molecule has 0 aliphatic rings. The molecule has 0 bridgehead atoms. The monoisotopic (exact) mass is 243 g/mol. The van der Waals surface area contributed by atoms with Crippen molar-refractivity contribution in [1.29, 1.82) is 0 Å². The second-order valence-corrected chi connectivity index (χ2v) is 5.54. The van der Waals surface area contributed by atoms with Gasteiger partial charge in [0.25, 0.3) is 0 Å². The molecular weight excluding hydrogens is 222 g/mol. The van der Waals surface area contributed by atoms with Crippen molar-refractivity contribution in [3.63, 3.8) is 0 Å². The first-order valence-electron chi connectivity index (χ1n) is 5.41. The van der Waals surface area contributed by atoms with Crippen molar-refractivity contribution in [3.8, 4) is 0 Å². The van der Waals surface area contributed by atoms with Crippen molar-refractivity contribution in [2.45, 2.75) is 46.6 Å². The maximum absolute atomic E-state index is 11.3. The van der Waals surface area contributed by atoms with Crippen LogP contribution in [0.4, 0.5) is 4.79 Å². The van der Waals surface area contributed by atoms with Gasteiger partial charge in [0.1, 0.15) is 5.60 Å². The highest BCUT2D eigenvalue weighted by atomic mass is 16.6. The predicted molar refractivity (Wildman–Crippen MR) is 64.5 cm³/mol. The van der Waals surface area contributed by atoms with Gasteiger partial charge in [0.15, 0.2) is 0 Å². The van der Waals surface area contributed by atoms with E-state index in [-0.39, 0.29) is 6.42 Å². The lowest BCUT2D eigenvalue weighted by Crippen LogP contribution is -2.30. The fraction of sp³-hybridized carbons (Fsp3) is 0.667. The lowest BCUT2D eigenvalue weighted by atomic mass is 9.89. The summed E-state index contributed by atoms with van der Waals surface area (Å²) in [7, 11) is 0. The van der Waals surface area contributed by atoms with E-state index >= 15 is 0 Å². The van der Waals surface area contributed by atoms with Crippen molar-refractivity contribution in [2.75, 3.05) is 0 Å². The van der Waals surface area contributed by atoms with Gasteiger partial charge in [0.05, 0.1) is 6.42 Å². The standard InChI is InChI=1S/C12H21NO4/c1-11(2,3)17-10(16)13-7-6-12(4,5)8-9(14)15/h6-7H,8H2,1-5H3,(H,13,16)(H,14,15). The van der Waals surface area contributed by atoms with Crippen molar-refractivity contribution in [2.24, 2.45) is 5.41 Å². The molecular formula is C12H21NO4. The van der Waals surface area contributed by atoms with Gasteiger partial charge in [-0.05, 0) is 26.2 Å². The topological polar surface area (TPSA) is 75.6 Å². The fourth-order valence-electron chi connectivity index (χ4n) is 1.09. The molecule has 0 atom stereocenters. The van der Waals surface area contributed by atoms with Crippen LogP contribution in [-0.4, -0.2) is 22.8 Å². The molecule has 5 heteroatoms. The van der Waals surface area contributed by atoms with Crippen LogP contribution in [0.5, 0.6) is 0 Å². The Balaban J connectivity index is 4.19. The van der Waals surface area contributed by atoms with Crippen LogP contribution in [0.15, 0.2) is 12.3 Å². The molecule has 0 rings (SSSR count). The van der Waals surface area contributed by atoms with Gasteiger partial charge in [-0.3, -0.25) is 10.1 Å². The van der Waals surface area contributed by atoms with Gasteiger partial charge in [0, 0.05) is 6.20 Å². The summed E-state index contributed by atoms with van der Waals surface area (Å²) in [5, 5.41) is 11.1. The number of allylic oxidation sites excluding steroid dienone is 1. The molecule has 1 amide bonds. The van der Waals surface area contributed by atoms with E-state index in [0.717, 1.165) is 0 Å². The molecule has 0 radical (unpaired) electrons. The van der Waals surface area contributed by atoms with Crippen molar-refractivity contribution >= 4 is 12.1 Å². The molecule has 0 unspecified atom stereocenters. The molecule has 5 nitrogen and oxygen atoms in total. The van der Waals surface area contributed by atoms with Gasteiger partial charge in [-0.15, -0.1) is 0 Å². The summed E-state index contributed by atoms with van der Waals surface area (Å²) in [6.07, 6.45) is 2.49. The first kappa shape index (κ1) is 15.5. The molecule has 0 aliphatic carbocycles. The number of carboxylic acid groups (broad SMARTS) is 1. The van der Waals surface area contributed by atoms with E-state index in [1.807, 2.05) is 0 Å². The summed E-state index contributed by atoms with van der Waals surface area (Å²) in [5.74, 6) is -0.878. The average Bonchev–Trinajstić information content (AvgIpc) is 1.95. The van der Waals surface area contributed by atoms with E-state index in [0.29, 0.717) is 0 Å². The number of nitrogens with one attached hydrogen (secondary N) is 1. The van der Waals surface area contributed by atoms with Crippen LogP contribution in [0.3, 0.4) is 0 Å². The second kappa shape index (κ2) is 5.70. The van der Waals surface area contributed by atoms with E-state index in [1.54, 1.807) is 40.7 Å². The summed E-state index contributed by atoms with van der Waals surface area (Å²) >= 11 is 0. The molecule has 0 heterocycles. The van der Waals surface area contributed by atoms with Gasteiger partial charge >= 0.3 is 12.1 Å². The van der Waals surface area contributed by atoms with Gasteiger partial charge in [0.2, 0.25) is 0 Å². The Bertz CT molecular complexity index is 313. The zero-order chi connectivity index (χ0) is 13.7. The number of hydrogen-bond donors (Lipinski definition) is 2. The van der Waals surface area contributed by atoms with E-state index in [2.05, 4.69) is 5.32 Å². The quantitative estimate of drug-likeness (QED) is 0.795. The number of carbonyl (C=O) groups excluding carboxylic acids is 1. The normalized spacial score (nSPS) is 12.5. The summed E-state index contributed by atoms with van der Waals surface area (Å²) in [4.78, 5) is 21.8. The first-order valence-corrected chi connectivity index (χ1v) is 5.41. The highest BCUT2D eigenvalue weighted by Crippen LogP contribution is 2.21. The fourth-order valence-corrected chi connectivity index (χ4v) is 1.09. The molecule has 0 aliphatic heterocycles. The molecule has 0 saturated heterocycles. The number of rotatable bonds is 4. The zero-order valence-corrected chi connectivity index (χ0v) is 11.0. The Kier molecular flexibility index (Phi) is 5.19. The van der Waals surface area contributed by atoms with E-state index in [4.69, 9.17) is 9.84 Å². The summed E-state index contributed by atoms with van der Waals surface area (Å²) in [6.45, 7) is 8.85. The minimum atomic E-state index is -0.878. The van der Waals surface area contributed by atoms with Crippen molar-refractivity contribution in [1.82, 2.24) is 5.32 Å². The molecule has 0 aromatic carbocycles. The summed E-state index contributed by atoms with van der Waals surface area (Å²) < 4.78 is 5.02. The van der Waals surface area contributed by atoms with E-state index < -0.39 is 23.1 Å². The Morgan fingerprint density at radius 1 is 1.24 bits per heavy atom. The summed E-state index contributed by atoms with van der Waals surface area (Å²) in [6, 6.07) is 0. The number of hydrogen-bond acceptors (Lipinski definition) is 3. The van der Waals surface area contributed by atoms with Gasteiger partial charge in [-0.25, -0.2) is 4.79 Å². The van der Waals surface area contributed by atoms with Crippen LogP contribution in [0.2, 0.25) is 0 Å². The largest absolute Gasteiger partial charge is 0.481 e. The van der Waals surface area contributed by atoms with Crippen molar-refractivity contribution < 1.29 is 19.4 Å². The summed E-state index contributed by atoms with van der Waals surface area (Å²) in [5.41, 5.74) is -1.06. The van der Waals surface area contributed by atoms with Crippen LogP contribution < -0.4 is 5.32 Å². The number of carbonyl (C=O) groups is 2. The average molecular weight is 243 g/mol. The minimum Gasteiger partial charge on any atom is -0.481 e. The Labute approximate surface area is 102 Å². The van der Waals surface area contributed by atoms with Gasteiger partial charge < -0.3 is 9.84 Å². The maximum atomic E-state index is 11.3. The number of amides is 1. The third-order valence-electron chi connectivity index (χ3n) is 1.74. The molecule has 2 N–H and O–H groups in total. The van der Waals surface area contributed by atoms with Crippen LogP contribution >= 0.6 is 0 Å². The third kappa shape index (κ3) is 9.41. The SMILES string of the molecule is CC(C)(C=CNC(=O)OC(C)(C)C)CC(=O)O. The highest BCUT2D eigenvalue weighted by Gasteiger charge is 2.19. The lowest BCUT2D eigenvalue weighted by molar-refractivity contribution is -0.138. The Morgan fingerprint density at radius 2 is 1.76 bits per heavy atom. The molecule has 0 aromatic rings. The molecule has 98 valence electrons. The number of alkyl carbamates (subject to hydrolysis) is 1. The Morgan fingerprint density at radius 3 is 2.18 bits per heavy atom. The predicted octanol–water partition coefficient (Wildman–Crippen LogP) is 2.53. The molecule has 0 saturated carbocycles. The molecule has 17 heavy (non-hydrogen) atoms. The number of ether oxygens (including phenoxy) is 1. The van der Waals surface area contributed by atoms with Crippen LogP contribution in [0.1, 0.15) is 41.0 Å². The van der Waals surface area contributed by atoms with Crippen molar-refractivity contribution in [3.05, 3.63) is 12.3 Å². The number of carboxylic acids is 1. The van der Waals surface area contributed by atoms with Crippen LogP contribution in [0, 0.1) is 5.41 Å². The molecule has 0 spiro atoms. The maximum Gasteiger partial charge on any atom is 0.411 e. The van der Waals surface area contributed by atoms with Crippen LogP contribution in [0.25, 0.3) is 0 Å². The lowest BCUT2D eigenvalue weighted by Gasteiger charge is -2.19. The number of aliphatic carboxylic acids is 1. The van der Waals surface area contributed by atoms with Gasteiger partial charge in [-0.2, -0.15) is 0 Å². The smallest absolute Gasteiger partial charge is 0.411 e. The second-order valence-electron chi connectivity index (χ2n) is 5.54. The molecule has 0 fully saturated rings. The van der Waals surface area contributed by atoms with Crippen LogP contribution in [-0.2, 0) is 9.53 Å². The minimum absolute atomic E-state index is 0.000498. The van der Waals surface area contributed by atoms with E-state index in [1.165, 1.54) is 6.20 Å². The van der Waals surface area contributed by atoms with E-state index in [9.17, 15) is 9.59 Å². The van der Waals surface area contributed by atoms with Gasteiger partial charge in [-0.1, -0.05) is 19.9 Å². The first-order chi connectivity index (χ1) is 7.52. The zero-order valence-electron chi connectivity index (χ0n) is 11.0. The Hall–Kier alpha value is -1.52. The highest BCUT2D eigenvalue weighted by molar-refractivity contribution is 5.69. The molecule has 0 aromatic heterocycles.